The minimum atomic E-state index is 0.451. The molecule has 0 saturated heterocycles. The summed E-state index contributed by atoms with van der Waals surface area (Å²) in [7, 11) is 0. The van der Waals surface area contributed by atoms with Gasteiger partial charge in [-0.15, -0.1) is 0 Å². The van der Waals surface area contributed by atoms with Crippen LogP contribution in [0, 0.1) is 11.8 Å². The molecule has 1 heterocycles. The predicted octanol–water partition coefficient (Wildman–Crippen LogP) is 4.66. The summed E-state index contributed by atoms with van der Waals surface area (Å²) in [5.74, 6) is 1.96. The van der Waals surface area contributed by atoms with E-state index in [1.54, 1.807) is 0 Å². The highest BCUT2D eigenvalue weighted by Gasteiger charge is 2.31. The highest BCUT2D eigenvalue weighted by molar-refractivity contribution is 6.31. The SMILES string of the molecule is CC(C)C1CCCCC1n1c(N)nc2ccc(Cl)cc21. The third-order valence-electron chi connectivity index (χ3n) is 4.65. The van der Waals surface area contributed by atoms with E-state index in [9.17, 15) is 0 Å². The number of rotatable bonds is 2. The summed E-state index contributed by atoms with van der Waals surface area (Å²) >= 11 is 6.16. The minimum Gasteiger partial charge on any atom is -0.369 e. The lowest BCUT2D eigenvalue weighted by atomic mass is 9.77. The average Bonchev–Trinajstić information content (AvgIpc) is 2.74. The molecule has 1 aromatic heterocycles. The van der Waals surface area contributed by atoms with Crippen LogP contribution in [0.5, 0.6) is 0 Å². The molecule has 1 saturated carbocycles. The maximum Gasteiger partial charge on any atom is 0.201 e. The molecule has 0 spiro atoms. The van der Waals surface area contributed by atoms with E-state index < -0.39 is 0 Å². The maximum absolute atomic E-state index is 6.21. The van der Waals surface area contributed by atoms with Crippen LogP contribution < -0.4 is 5.73 Å². The second-order valence-corrected chi connectivity index (χ2v) is 6.67. The summed E-state index contributed by atoms with van der Waals surface area (Å²) in [6.45, 7) is 4.62. The molecule has 2 aromatic rings. The lowest BCUT2D eigenvalue weighted by Crippen LogP contribution is -2.27. The summed E-state index contributed by atoms with van der Waals surface area (Å²) in [5, 5.41) is 0.746. The van der Waals surface area contributed by atoms with Gasteiger partial charge in [-0.25, -0.2) is 4.98 Å². The van der Waals surface area contributed by atoms with Gasteiger partial charge in [-0.3, -0.25) is 0 Å². The number of benzene rings is 1. The Kier molecular flexibility index (Phi) is 3.63. The normalized spacial score (nSPS) is 23.6. The zero-order valence-corrected chi connectivity index (χ0v) is 12.9. The van der Waals surface area contributed by atoms with Crippen LogP contribution >= 0.6 is 11.6 Å². The Labute approximate surface area is 125 Å². The van der Waals surface area contributed by atoms with E-state index in [1.807, 2.05) is 18.2 Å². The third-order valence-corrected chi connectivity index (χ3v) is 4.88. The average molecular weight is 292 g/mol. The molecule has 0 bridgehead atoms. The molecule has 0 amide bonds. The standard InChI is InChI=1S/C16H22ClN3/c1-10(2)12-5-3-4-6-14(12)20-15-9-11(17)7-8-13(15)19-16(20)18/h7-10,12,14H,3-6H2,1-2H3,(H2,18,19). The maximum atomic E-state index is 6.21. The molecule has 2 N–H and O–H groups in total. The van der Waals surface area contributed by atoms with E-state index >= 15 is 0 Å². The van der Waals surface area contributed by atoms with E-state index in [2.05, 4.69) is 23.4 Å². The number of hydrogen-bond donors (Lipinski definition) is 1. The molecule has 4 heteroatoms. The molecule has 20 heavy (non-hydrogen) atoms. The Morgan fingerprint density at radius 2 is 2.05 bits per heavy atom. The molecule has 1 fully saturated rings. The van der Waals surface area contributed by atoms with Gasteiger partial charge < -0.3 is 10.3 Å². The number of aromatic nitrogens is 2. The van der Waals surface area contributed by atoms with E-state index in [0.717, 1.165) is 16.1 Å². The fourth-order valence-corrected chi connectivity index (χ4v) is 3.84. The van der Waals surface area contributed by atoms with Crippen molar-refractivity contribution in [1.29, 1.82) is 0 Å². The summed E-state index contributed by atoms with van der Waals surface area (Å²) < 4.78 is 2.23. The molecular formula is C16H22ClN3. The van der Waals surface area contributed by atoms with Crippen LogP contribution in [-0.4, -0.2) is 9.55 Å². The Morgan fingerprint density at radius 3 is 2.80 bits per heavy atom. The zero-order valence-electron chi connectivity index (χ0n) is 12.1. The summed E-state index contributed by atoms with van der Waals surface area (Å²) in [6.07, 6.45) is 5.06. The number of hydrogen-bond acceptors (Lipinski definition) is 2. The zero-order chi connectivity index (χ0) is 14.3. The number of anilines is 1. The van der Waals surface area contributed by atoms with Crippen molar-refractivity contribution in [2.75, 3.05) is 5.73 Å². The third kappa shape index (κ3) is 2.28. The summed E-state index contributed by atoms with van der Waals surface area (Å²) in [4.78, 5) is 4.51. The number of nitrogens with two attached hydrogens (primary N) is 1. The smallest absolute Gasteiger partial charge is 0.201 e. The number of nitrogens with zero attached hydrogens (tertiary/aromatic N) is 2. The van der Waals surface area contributed by atoms with Crippen molar-refractivity contribution in [3.63, 3.8) is 0 Å². The largest absolute Gasteiger partial charge is 0.369 e. The monoisotopic (exact) mass is 291 g/mol. The van der Waals surface area contributed by atoms with Crippen molar-refractivity contribution in [2.24, 2.45) is 11.8 Å². The molecule has 1 aliphatic rings. The summed E-state index contributed by atoms with van der Waals surface area (Å²) in [6, 6.07) is 6.28. The van der Waals surface area contributed by atoms with E-state index in [0.29, 0.717) is 23.8 Å². The number of fused-ring (bicyclic) bond motifs is 1. The van der Waals surface area contributed by atoms with Crippen molar-refractivity contribution in [2.45, 2.75) is 45.6 Å². The van der Waals surface area contributed by atoms with Gasteiger partial charge in [0.2, 0.25) is 5.95 Å². The molecule has 1 aromatic carbocycles. The topological polar surface area (TPSA) is 43.8 Å². The fraction of sp³-hybridized carbons (Fsp3) is 0.562. The fourth-order valence-electron chi connectivity index (χ4n) is 3.67. The molecule has 3 nitrogen and oxygen atoms in total. The minimum absolute atomic E-state index is 0.451. The number of halogens is 1. The van der Waals surface area contributed by atoms with Crippen LogP contribution in [0.1, 0.15) is 45.6 Å². The molecular weight excluding hydrogens is 270 g/mol. The van der Waals surface area contributed by atoms with Gasteiger partial charge in [0.15, 0.2) is 0 Å². The van der Waals surface area contributed by atoms with Crippen LogP contribution in [0.25, 0.3) is 11.0 Å². The van der Waals surface area contributed by atoms with Crippen LogP contribution in [0.3, 0.4) is 0 Å². The Hall–Kier alpha value is -1.22. The highest BCUT2D eigenvalue weighted by atomic mass is 35.5. The van der Waals surface area contributed by atoms with Gasteiger partial charge >= 0.3 is 0 Å². The van der Waals surface area contributed by atoms with Gasteiger partial charge in [0.25, 0.3) is 0 Å². The van der Waals surface area contributed by atoms with Gasteiger partial charge in [0.05, 0.1) is 11.0 Å². The van der Waals surface area contributed by atoms with Gasteiger partial charge in [-0.05, 0) is 42.9 Å². The van der Waals surface area contributed by atoms with Crippen LogP contribution in [0.2, 0.25) is 5.02 Å². The first-order valence-electron chi connectivity index (χ1n) is 7.51. The Bertz CT molecular complexity index is 617. The van der Waals surface area contributed by atoms with E-state index in [-0.39, 0.29) is 0 Å². The lowest BCUT2D eigenvalue weighted by Gasteiger charge is -2.36. The van der Waals surface area contributed by atoms with Crippen molar-refractivity contribution < 1.29 is 0 Å². The number of imidazole rings is 1. The van der Waals surface area contributed by atoms with Crippen LogP contribution in [-0.2, 0) is 0 Å². The highest BCUT2D eigenvalue weighted by Crippen LogP contribution is 2.41. The van der Waals surface area contributed by atoms with Gasteiger partial charge in [-0.1, -0.05) is 38.3 Å². The Morgan fingerprint density at radius 1 is 1.30 bits per heavy atom. The molecule has 2 unspecified atom stereocenters. The van der Waals surface area contributed by atoms with Crippen molar-refractivity contribution in [1.82, 2.24) is 9.55 Å². The van der Waals surface area contributed by atoms with Gasteiger partial charge in [0, 0.05) is 11.1 Å². The van der Waals surface area contributed by atoms with Crippen molar-refractivity contribution >= 4 is 28.6 Å². The molecule has 3 rings (SSSR count). The summed E-state index contributed by atoms with van der Waals surface area (Å²) in [5.41, 5.74) is 8.23. The molecule has 1 aliphatic carbocycles. The first-order valence-corrected chi connectivity index (χ1v) is 7.88. The Balaban J connectivity index is 2.12. The second-order valence-electron chi connectivity index (χ2n) is 6.23. The van der Waals surface area contributed by atoms with E-state index in [4.69, 9.17) is 17.3 Å². The van der Waals surface area contributed by atoms with Gasteiger partial charge in [-0.2, -0.15) is 0 Å². The molecule has 2 atom stereocenters. The van der Waals surface area contributed by atoms with Crippen LogP contribution in [0.4, 0.5) is 5.95 Å². The molecule has 108 valence electrons. The first-order chi connectivity index (χ1) is 9.58. The van der Waals surface area contributed by atoms with Gasteiger partial charge in [0.1, 0.15) is 0 Å². The van der Waals surface area contributed by atoms with E-state index in [1.165, 1.54) is 25.7 Å². The molecule has 0 radical (unpaired) electrons. The molecule has 0 aliphatic heterocycles. The lowest BCUT2D eigenvalue weighted by molar-refractivity contribution is 0.189. The second kappa shape index (κ2) is 5.28. The van der Waals surface area contributed by atoms with Crippen molar-refractivity contribution in [3.05, 3.63) is 23.2 Å². The number of nitrogen functional groups attached to an aromatic ring is 1. The first kappa shape index (κ1) is 13.7. The predicted molar refractivity (Wildman–Crippen MR) is 85.0 cm³/mol. The van der Waals surface area contributed by atoms with Crippen LogP contribution in [0.15, 0.2) is 18.2 Å². The quantitative estimate of drug-likeness (QED) is 0.874. The van der Waals surface area contributed by atoms with Crippen molar-refractivity contribution in [3.8, 4) is 0 Å².